The molecule has 1 heterocycles. The molecule has 1 aromatic carbocycles. The second kappa shape index (κ2) is 8.14. The summed E-state index contributed by atoms with van der Waals surface area (Å²) in [6, 6.07) is 5.78. The molecule has 0 spiro atoms. The predicted molar refractivity (Wildman–Crippen MR) is 92.8 cm³/mol. The van der Waals surface area contributed by atoms with Gasteiger partial charge in [-0.25, -0.2) is 4.98 Å². The molecular weight excluding hydrogens is 323 g/mol. The van der Waals surface area contributed by atoms with Gasteiger partial charge in [0, 0.05) is 17.8 Å². The summed E-state index contributed by atoms with van der Waals surface area (Å²) in [7, 11) is 0. The second-order valence-electron chi connectivity index (χ2n) is 4.93. The Bertz CT molecular complexity index is 596. The van der Waals surface area contributed by atoms with Gasteiger partial charge in [-0.1, -0.05) is 49.5 Å². The van der Waals surface area contributed by atoms with Crippen molar-refractivity contribution in [2.75, 3.05) is 6.54 Å². The average Bonchev–Trinajstić information content (AvgIpc) is 2.83. The summed E-state index contributed by atoms with van der Waals surface area (Å²) < 4.78 is 0. The van der Waals surface area contributed by atoms with Gasteiger partial charge in [0.05, 0.1) is 20.7 Å². The molecule has 1 N–H and O–H groups in total. The van der Waals surface area contributed by atoms with Gasteiger partial charge in [0.1, 0.15) is 0 Å². The van der Waals surface area contributed by atoms with Crippen molar-refractivity contribution < 1.29 is 0 Å². The fourth-order valence-electron chi connectivity index (χ4n) is 2.15. The molecule has 2 nitrogen and oxygen atoms in total. The highest BCUT2D eigenvalue weighted by molar-refractivity contribution is 7.11. The molecular formula is C16H20Cl2N2S. The standard InChI is InChI=1S/C16H20Cl2N2S/c1-3-5-14-15(10-19-4-2)21-16(20-14)9-11-6-7-12(17)13(18)8-11/h6-8,19H,3-5,9-10H2,1-2H3. The average molecular weight is 343 g/mol. The number of aromatic nitrogens is 1. The number of hydrogen-bond acceptors (Lipinski definition) is 3. The first-order valence-electron chi connectivity index (χ1n) is 7.26. The van der Waals surface area contributed by atoms with Crippen LogP contribution in [0, 0.1) is 0 Å². The molecule has 0 aliphatic rings. The van der Waals surface area contributed by atoms with Gasteiger partial charge in [-0.15, -0.1) is 11.3 Å². The Morgan fingerprint density at radius 3 is 2.67 bits per heavy atom. The Morgan fingerprint density at radius 2 is 2.00 bits per heavy atom. The minimum absolute atomic E-state index is 0.596. The smallest absolute Gasteiger partial charge is 0.0975 e. The highest BCUT2D eigenvalue weighted by Crippen LogP contribution is 2.26. The fraction of sp³-hybridized carbons (Fsp3) is 0.438. The number of thiazole rings is 1. The first-order valence-corrected chi connectivity index (χ1v) is 8.83. The SMILES string of the molecule is CCCc1nc(Cc2ccc(Cl)c(Cl)c2)sc1CNCC. The summed E-state index contributed by atoms with van der Waals surface area (Å²) in [6.07, 6.45) is 2.97. The van der Waals surface area contributed by atoms with E-state index in [1.807, 2.05) is 18.2 Å². The first-order chi connectivity index (χ1) is 10.1. The zero-order valence-corrected chi connectivity index (χ0v) is 14.7. The van der Waals surface area contributed by atoms with Crippen LogP contribution in [0.2, 0.25) is 10.0 Å². The number of hydrogen-bond donors (Lipinski definition) is 1. The summed E-state index contributed by atoms with van der Waals surface area (Å²) >= 11 is 13.8. The van der Waals surface area contributed by atoms with Crippen LogP contribution in [-0.2, 0) is 19.4 Å². The van der Waals surface area contributed by atoms with Gasteiger partial charge < -0.3 is 5.32 Å². The molecule has 0 aliphatic carbocycles. The van der Waals surface area contributed by atoms with E-state index in [0.717, 1.165) is 42.9 Å². The Labute approximate surface area is 140 Å². The van der Waals surface area contributed by atoms with E-state index < -0.39 is 0 Å². The van der Waals surface area contributed by atoms with Gasteiger partial charge >= 0.3 is 0 Å². The van der Waals surface area contributed by atoms with Crippen molar-refractivity contribution in [2.45, 2.75) is 39.7 Å². The molecule has 114 valence electrons. The van der Waals surface area contributed by atoms with E-state index >= 15 is 0 Å². The Morgan fingerprint density at radius 1 is 1.19 bits per heavy atom. The van der Waals surface area contributed by atoms with E-state index in [4.69, 9.17) is 28.2 Å². The third-order valence-electron chi connectivity index (χ3n) is 3.18. The molecule has 21 heavy (non-hydrogen) atoms. The Kier molecular flexibility index (Phi) is 6.49. The van der Waals surface area contributed by atoms with Crippen molar-refractivity contribution >= 4 is 34.5 Å². The summed E-state index contributed by atoms with van der Waals surface area (Å²) in [4.78, 5) is 6.16. The zero-order valence-electron chi connectivity index (χ0n) is 12.4. The molecule has 5 heteroatoms. The molecule has 0 fully saturated rings. The normalized spacial score (nSPS) is 11.0. The van der Waals surface area contributed by atoms with E-state index in [1.165, 1.54) is 10.6 Å². The summed E-state index contributed by atoms with van der Waals surface area (Å²) in [6.45, 7) is 6.20. The van der Waals surface area contributed by atoms with Crippen LogP contribution in [0.5, 0.6) is 0 Å². The van der Waals surface area contributed by atoms with Crippen LogP contribution in [0.1, 0.15) is 41.4 Å². The number of nitrogens with one attached hydrogen (secondary N) is 1. The topological polar surface area (TPSA) is 24.9 Å². The summed E-state index contributed by atoms with van der Waals surface area (Å²) in [5, 5.41) is 5.73. The molecule has 2 rings (SSSR count). The maximum atomic E-state index is 6.08. The third kappa shape index (κ3) is 4.68. The lowest BCUT2D eigenvalue weighted by molar-refractivity contribution is 0.723. The Balaban J connectivity index is 2.16. The van der Waals surface area contributed by atoms with Crippen molar-refractivity contribution in [1.82, 2.24) is 10.3 Å². The predicted octanol–water partition coefficient (Wildman–Crippen LogP) is 5.10. The first kappa shape index (κ1) is 16.8. The summed E-state index contributed by atoms with van der Waals surface area (Å²) in [5.74, 6) is 0. The van der Waals surface area contributed by atoms with Crippen molar-refractivity contribution in [3.05, 3.63) is 49.4 Å². The molecule has 0 saturated heterocycles. The van der Waals surface area contributed by atoms with Gasteiger partial charge in [0.2, 0.25) is 0 Å². The zero-order chi connectivity index (χ0) is 15.2. The minimum Gasteiger partial charge on any atom is -0.312 e. The maximum absolute atomic E-state index is 6.08. The van der Waals surface area contributed by atoms with Gasteiger partial charge in [0.15, 0.2) is 0 Å². The lowest BCUT2D eigenvalue weighted by atomic mass is 10.1. The molecule has 2 aromatic rings. The lowest BCUT2D eigenvalue weighted by Crippen LogP contribution is -2.11. The Hall–Kier alpha value is -0.610. The van der Waals surface area contributed by atoms with E-state index in [-0.39, 0.29) is 0 Å². The molecule has 0 atom stereocenters. The molecule has 0 aliphatic heterocycles. The number of nitrogens with zero attached hydrogens (tertiary/aromatic N) is 1. The molecule has 0 unspecified atom stereocenters. The van der Waals surface area contributed by atoms with E-state index in [0.29, 0.717) is 10.0 Å². The van der Waals surface area contributed by atoms with Gasteiger partial charge in [0.25, 0.3) is 0 Å². The minimum atomic E-state index is 0.596. The van der Waals surface area contributed by atoms with Crippen LogP contribution in [0.15, 0.2) is 18.2 Å². The van der Waals surface area contributed by atoms with Crippen molar-refractivity contribution in [1.29, 1.82) is 0 Å². The highest BCUT2D eigenvalue weighted by atomic mass is 35.5. The number of benzene rings is 1. The maximum Gasteiger partial charge on any atom is 0.0975 e. The van der Waals surface area contributed by atoms with Crippen LogP contribution >= 0.6 is 34.5 Å². The number of halogens is 2. The molecule has 0 radical (unpaired) electrons. The van der Waals surface area contributed by atoms with E-state index in [2.05, 4.69) is 19.2 Å². The van der Waals surface area contributed by atoms with Crippen molar-refractivity contribution in [3.8, 4) is 0 Å². The van der Waals surface area contributed by atoms with Crippen LogP contribution in [0.4, 0.5) is 0 Å². The molecule has 0 amide bonds. The fourth-order valence-corrected chi connectivity index (χ4v) is 3.58. The quantitative estimate of drug-likeness (QED) is 0.756. The molecule has 0 saturated carbocycles. The molecule has 1 aromatic heterocycles. The highest BCUT2D eigenvalue weighted by Gasteiger charge is 2.11. The van der Waals surface area contributed by atoms with Gasteiger partial charge in [-0.05, 0) is 30.7 Å². The number of aryl methyl sites for hydroxylation is 1. The van der Waals surface area contributed by atoms with E-state index in [9.17, 15) is 0 Å². The lowest BCUT2D eigenvalue weighted by Gasteiger charge is -2.00. The van der Waals surface area contributed by atoms with Gasteiger partial charge in [-0.3, -0.25) is 0 Å². The van der Waals surface area contributed by atoms with Crippen LogP contribution in [-0.4, -0.2) is 11.5 Å². The van der Waals surface area contributed by atoms with E-state index in [1.54, 1.807) is 11.3 Å². The van der Waals surface area contributed by atoms with Gasteiger partial charge in [-0.2, -0.15) is 0 Å². The third-order valence-corrected chi connectivity index (χ3v) is 5.02. The number of rotatable bonds is 7. The molecule has 0 bridgehead atoms. The second-order valence-corrected chi connectivity index (χ2v) is 6.92. The van der Waals surface area contributed by atoms with Crippen LogP contribution in [0.25, 0.3) is 0 Å². The van der Waals surface area contributed by atoms with Crippen LogP contribution < -0.4 is 5.32 Å². The van der Waals surface area contributed by atoms with Crippen LogP contribution in [0.3, 0.4) is 0 Å². The summed E-state index contributed by atoms with van der Waals surface area (Å²) in [5.41, 5.74) is 2.38. The van der Waals surface area contributed by atoms with Crippen molar-refractivity contribution in [2.24, 2.45) is 0 Å². The largest absolute Gasteiger partial charge is 0.312 e. The van der Waals surface area contributed by atoms with Crippen molar-refractivity contribution in [3.63, 3.8) is 0 Å². The monoisotopic (exact) mass is 342 g/mol.